The summed E-state index contributed by atoms with van der Waals surface area (Å²) in [7, 11) is 2.24. The first-order valence-corrected chi connectivity index (χ1v) is 8.05. The molecule has 1 aliphatic heterocycles. The number of hydrogen-bond acceptors (Lipinski definition) is 3. The molecule has 0 radical (unpaired) electrons. The molecule has 0 aromatic carbocycles. The first-order chi connectivity index (χ1) is 9.13. The number of hydrogen-bond donors (Lipinski definition) is 1. The quantitative estimate of drug-likeness (QED) is 0.922. The molecule has 2 heterocycles. The van der Waals surface area contributed by atoms with E-state index in [-0.39, 0.29) is 0 Å². The molecular weight excluding hydrogens is 304 g/mol. The Kier molecular flexibility index (Phi) is 5.42. The van der Waals surface area contributed by atoms with Gasteiger partial charge in [-0.05, 0) is 69.2 Å². The second-order valence-electron chi connectivity index (χ2n) is 5.41. The minimum Gasteiger partial charge on any atom is -0.317 e. The molecule has 0 amide bonds. The third-order valence-electron chi connectivity index (χ3n) is 4.02. The van der Waals surface area contributed by atoms with Crippen LogP contribution < -0.4 is 5.32 Å². The van der Waals surface area contributed by atoms with E-state index in [1.807, 2.05) is 0 Å². The minimum absolute atomic E-state index is 0.683. The molecule has 19 heavy (non-hydrogen) atoms. The Morgan fingerprint density at radius 2 is 2.21 bits per heavy atom. The lowest BCUT2D eigenvalue weighted by molar-refractivity contribution is 0.210. The molecule has 1 unspecified atom stereocenters. The molecule has 0 bridgehead atoms. The highest BCUT2D eigenvalue weighted by molar-refractivity contribution is 9.10. The van der Waals surface area contributed by atoms with Gasteiger partial charge in [0.25, 0.3) is 0 Å². The van der Waals surface area contributed by atoms with Crippen LogP contribution in [0, 0.1) is 6.92 Å². The summed E-state index contributed by atoms with van der Waals surface area (Å²) in [6.07, 6.45) is 3.82. The predicted octanol–water partition coefficient (Wildman–Crippen LogP) is 2.55. The van der Waals surface area contributed by atoms with Crippen molar-refractivity contribution in [2.24, 2.45) is 0 Å². The smallest absolute Gasteiger partial charge is 0.0739 e. The highest BCUT2D eigenvalue weighted by Gasteiger charge is 2.20. The molecule has 1 fully saturated rings. The van der Waals surface area contributed by atoms with Crippen LogP contribution in [-0.4, -0.2) is 40.9 Å². The number of aromatic nitrogens is 2. The van der Waals surface area contributed by atoms with Crippen LogP contribution in [0.5, 0.6) is 0 Å². The van der Waals surface area contributed by atoms with Crippen molar-refractivity contribution >= 4 is 15.9 Å². The number of halogens is 1. The number of nitrogens with one attached hydrogen (secondary N) is 1. The maximum atomic E-state index is 4.58. The SMILES string of the molecule is CCn1nc(C)c(Br)c1CN(C)C1CCCNCC1. The molecule has 1 aromatic heterocycles. The summed E-state index contributed by atoms with van der Waals surface area (Å²) < 4.78 is 3.29. The fourth-order valence-electron chi connectivity index (χ4n) is 2.83. The zero-order chi connectivity index (χ0) is 13.8. The number of aryl methyl sites for hydroxylation is 2. The maximum absolute atomic E-state index is 4.58. The Morgan fingerprint density at radius 1 is 1.42 bits per heavy atom. The third-order valence-corrected chi connectivity index (χ3v) is 5.05. The fourth-order valence-corrected chi connectivity index (χ4v) is 3.24. The number of rotatable bonds is 4. The Bertz CT molecular complexity index is 408. The third kappa shape index (κ3) is 3.58. The van der Waals surface area contributed by atoms with Crippen LogP contribution >= 0.6 is 15.9 Å². The molecule has 0 aliphatic carbocycles. The molecule has 1 atom stereocenters. The van der Waals surface area contributed by atoms with Gasteiger partial charge in [-0.15, -0.1) is 0 Å². The highest BCUT2D eigenvalue weighted by Crippen LogP contribution is 2.24. The van der Waals surface area contributed by atoms with E-state index in [0.717, 1.165) is 25.3 Å². The molecule has 1 saturated heterocycles. The standard InChI is InChI=1S/C14H25BrN4/c1-4-19-13(14(15)11(2)17-19)10-18(3)12-6-5-8-16-9-7-12/h12,16H,4-10H2,1-3H3. The van der Waals surface area contributed by atoms with Gasteiger partial charge in [0.15, 0.2) is 0 Å². The van der Waals surface area contributed by atoms with Gasteiger partial charge in [-0.3, -0.25) is 9.58 Å². The topological polar surface area (TPSA) is 33.1 Å². The largest absolute Gasteiger partial charge is 0.317 e. The highest BCUT2D eigenvalue weighted by atomic mass is 79.9. The normalized spacial score (nSPS) is 20.8. The van der Waals surface area contributed by atoms with Crippen molar-refractivity contribution in [1.82, 2.24) is 20.0 Å². The van der Waals surface area contributed by atoms with Crippen molar-refractivity contribution in [3.63, 3.8) is 0 Å². The van der Waals surface area contributed by atoms with E-state index in [2.05, 4.69) is 56.8 Å². The van der Waals surface area contributed by atoms with Crippen LogP contribution in [0.25, 0.3) is 0 Å². The summed E-state index contributed by atoms with van der Waals surface area (Å²) in [6.45, 7) is 8.43. The van der Waals surface area contributed by atoms with Gasteiger partial charge in [0, 0.05) is 19.1 Å². The Balaban J connectivity index is 2.07. The lowest BCUT2D eigenvalue weighted by atomic mass is 10.1. The first kappa shape index (κ1) is 15.0. The van der Waals surface area contributed by atoms with E-state index < -0.39 is 0 Å². The molecule has 4 nitrogen and oxygen atoms in total. The average molecular weight is 329 g/mol. The van der Waals surface area contributed by atoms with Crippen LogP contribution in [0.2, 0.25) is 0 Å². The molecule has 108 valence electrons. The zero-order valence-electron chi connectivity index (χ0n) is 12.2. The summed E-state index contributed by atoms with van der Waals surface area (Å²) in [5.74, 6) is 0. The van der Waals surface area contributed by atoms with Gasteiger partial charge in [0.2, 0.25) is 0 Å². The fraction of sp³-hybridized carbons (Fsp3) is 0.786. The maximum Gasteiger partial charge on any atom is 0.0739 e. The minimum atomic E-state index is 0.683. The molecule has 1 aromatic rings. The monoisotopic (exact) mass is 328 g/mol. The molecule has 1 aliphatic rings. The van der Waals surface area contributed by atoms with Gasteiger partial charge in [-0.1, -0.05) is 0 Å². The van der Waals surface area contributed by atoms with E-state index in [1.165, 1.54) is 36.0 Å². The van der Waals surface area contributed by atoms with Crippen molar-refractivity contribution in [2.45, 2.75) is 52.2 Å². The second kappa shape index (κ2) is 6.86. The lowest BCUT2D eigenvalue weighted by Crippen LogP contribution is -2.32. The van der Waals surface area contributed by atoms with Gasteiger partial charge in [-0.25, -0.2) is 0 Å². The summed E-state index contributed by atoms with van der Waals surface area (Å²) in [4.78, 5) is 2.49. The van der Waals surface area contributed by atoms with Gasteiger partial charge in [0.1, 0.15) is 0 Å². The van der Waals surface area contributed by atoms with E-state index in [0.29, 0.717) is 6.04 Å². The van der Waals surface area contributed by atoms with Crippen LogP contribution in [0.15, 0.2) is 4.47 Å². The van der Waals surface area contributed by atoms with Crippen LogP contribution in [-0.2, 0) is 13.1 Å². The Labute approximate surface area is 124 Å². The summed E-state index contributed by atoms with van der Waals surface area (Å²) in [6, 6.07) is 0.683. The van der Waals surface area contributed by atoms with Crippen LogP contribution in [0.3, 0.4) is 0 Å². The molecule has 2 rings (SSSR count). The van der Waals surface area contributed by atoms with Crippen LogP contribution in [0.4, 0.5) is 0 Å². The van der Waals surface area contributed by atoms with E-state index in [9.17, 15) is 0 Å². The van der Waals surface area contributed by atoms with Crippen molar-refractivity contribution < 1.29 is 0 Å². The molecule has 0 saturated carbocycles. The van der Waals surface area contributed by atoms with Gasteiger partial charge < -0.3 is 5.32 Å². The first-order valence-electron chi connectivity index (χ1n) is 7.26. The zero-order valence-corrected chi connectivity index (χ0v) is 13.8. The molecule has 5 heteroatoms. The van der Waals surface area contributed by atoms with E-state index in [4.69, 9.17) is 0 Å². The molecule has 0 spiro atoms. The predicted molar refractivity (Wildman–Crippen MR) is 82.3 cm³/mol. The van der Waals surface area contributed by atoms with E-state index in [1.54, 1.807) is 0 Å². The van der Waals surface area contributed by atoms with Crippen molar-refractivity contribution in [3.8, 4) is 0 Å². The van der Waals surface area contributed by atoms with Gasteiger partial charge >= 0.3 is 0 Å². The molecular formula is C14H25BrN4. The Morgan fingerprint density at radius 3 is 2.95 bits per heavy atom. The van der Waals surface area contributed by atoms with Gasteiger partial charge in [0.05, 0.1) is 15.9 Å². The molecule has 1 N–H and O–H groups in total. The van der Waals surface area contributed by atoms with E-state index >= 15 is 0 Å². The van der Waals surface area contributed by atoms with Crippen molar-refractivity contribution in [1.29, 1.82) is 0 Å². The van der Waals surface area contributed by atoms with Gasteiger partial charge in [-0.2, -0.15) is 5.10 Å². The summed E-state index contributed by atoms with van der Waals surface area (Å²) in [5.41, 5.74) is 2.40. The second-order valence-corrected chi connectivity index (χ2v) is 6.20. The van der Waals surface area contributed by atoms with Crippen molar-refractivity contribution in [2.75, 3.05) is 20.1 Å². The number of nitrogens with zero attached hydrogens (tertiary/aromatic N) is 3. The summed E-state index contributed by atoms with van der Waals surface area (Å²) >= 11 is 3.69. The average Bonchev–Trinajstić information content (AvgIpc) is 2.65. The Hall–Kier alpha value is -0.390. The summed E-state index contributed by atoms with van der Waals surface area (Å²) in [5, 5.41) is 8.06. The lowest BCUT2D eigenvalue weighted by Gasteiger charge is -2.27. The van der Waals surface area contributed by atoms with Crippen molar-refractivity contribution in [3.05, 3.63) is 15.9 Å². The van der Waals surface area contributed by atoms with Crippen LogP contribution in [0.1, 0.15) is 37.6 Å².